The van der Waals surface area contributed by atoms with Crippen LogP contribution in [0.25, 0.3) is 0 Å². The van der Waals surface area contributed by atoms with Crippen LogP contribution in [0.2, 0.25) is 0 Å². The van der Waals surface area contributed by atoms with E-state index >= 15 is 0 Å². The molecule has 4 N–H and O–H groups in total. The standard InChI is InChI=1S/C14H20N4O2/c1-14(2,19)11-7-16-13(20-11)9-4-3-8(5-9)10-6-12(15)18-17-10/h6-9,19H,3-5H2,1-2H3,(H3,15,17,18). The highest BCUT2D eigenvalue weighted by atomic mass is 16.4. The quantitative estimate of drug-likeness (QED) is 0.798. The second-order valence-electron chi connectivity index (χ2n) is 6.08. The Bertz CT molecular complexity index is 596. The number of oxazole rings is 1. The molecule has 0 radical (unpaired) electrons. The Morgan fingerprint density at radius 2 is 2.15 bits per heavy atom. The predicted molar refractivity (Wildman–Crippen MR) is 74.1 cm³/mol. The van der Waals surface area contributed by atoms with Crippen molar-refractivity contribution in [2.24, 2.45) is 0 Å². The summed E-state index contributed by atoms with van der Waals surface area (Å²) in [5, 5.41) is 16.9. The van der Waals surface area contributed by atoms with Crippen LogP contribution in [0.5, 0.6) is 0 Å². The highest BCUT2D eigenvalue weighted by Crippen LogP contribution is 2.43. The zero-order valence-electron chi connectivity index (χ0n) is 11.8. The molecule has 1 saturated carbocycles. The molecule has 2 unspecified atom stereocenters. The topological polar surface area (TPSA) is 101 Å². The number of nitrogens with two attached hydrogens (primary N) is 1. The van der Waals surface area contributed by atoms with Gasteiger partial charge >= 0.3 is 0 Å². The van der Waals surface area contributed by atoms with Crippen molar-refractivity contribution in [2.75, 3.05) is 5.73 Å². The van der Waals surface area contributed by atoms with Gasteiger partial charge in [0.1, 0.15) is 11.4 Å². The van der Waals surface area contributed by atoms with Gasteiger partial charge in [0, 0.05) is 23.6 Å². The molecule has 2 aromatic heterocycles. The van der Waals surface area contributed by atoms with Gasteiger partial charge < -0.3 is 15.3 Å². The van der Waals surface area contributed by atoms with Crippen LogP contribution in [0.3, 0.4) is 0 Å². The Morgan fingerprint density at radius 3 is 2.75 bits per heavy atom. The summed E-state index contributed by atoms with van der Waals surface area (Å²) in [6.45, 7) is 3.39. The van der Waals surface area contributed by atoms with Gasteiger partial charge in [-0.3, -0.25) is 5.10 Å². The lowest BCUT2D eigenvalue weighted by Gasteiger charge is -2.12. The van der Waals surface area contributed by atoms with Gasteiger partial charge in [-0.15, -0.1) is 0 Å². The van der Waals surface area contributed by atoms with E-state index in [1.165, 1.54) is 0 Å². The third kappa shape index (κ3) is 2.43. The molecule has 108 valence electrons. The normalized spacial score (nSPS) is 23.4. The van der Waals surface area contributed by atoms with E-state index in [4.69, 9.17) is 10.2 Å². The SMILES string of the molecule is CC(C)(O)c1cnc(C2CCC(c3cc(N)n[nH]3)C2)o1. The molecule has 0 bridgehead atoms. The van der Waals surface area contributed by atoms with E-state index in [0.717, 1.165) is 30.8 Å². The minimum absolute atomic E-state index is 0.292. The summed E-state index contributed by atoms with van der Waals surface area (Å²) >= 11 is 0. The van der Waals surface area contributed by atoms with Crippen LogP contribution in [0, 0.1) is 0 Å². The minimum atomic E-state index is -0.985. The second-order valence-corrected chi connectivity index (χ2v) is 6.08. The molecule has 2 atom stereocenters. The number of aromatic amines is 1. The van der Waals surface area contributed by atoms with Gasteiger partial charge in [-0.05, 0) is 33.1 Å². The van der Waals surface area contributed by atoms with Gasteiger partial charge in [0.2, 0.25) is 0 Å². The van der Waals surface area contributed by atoms with Gasteiger partial charge in [-0.25, -0.2) is 4.98 Å². The molecule has 20 heavy (non-hydrogen) atoms. The number of nitrogen functional groups attached to an aromatic ring is 1. The number of hydrogen-bond acceptors (Lipinski definition) is 5. The number of nitrogens with zero attached hydrogens (tertiary/aromatic N) is 2. The first-order valence-electron chi connectivity index (χ1n) is 6.93. The molecule has 6 heteroatoms. The molecule has 2 heterocycles. The van der Waals surface area contributed by atoms with Crippen molar-refractivity contribution in [2.45, 2.75) is 50.5 Å². The Balaban J connectivity index is 1.72. The van der Waals surface area contributed by atoms with Crippen LogP contribution in [0.1, 0.15) is 62.3 Å². The fraction of sp³-hybridized carbons (Fsp3) is 0.571. The number of aliphatic hydroxyl groups is 1. The lowest BCUT2D eigenvalue weighted by atomic mass is 10.0. The molecule has 0 spiro atoms. The highest BCUT2D eigenvalue weighted by Gasteiger charge is 2.32. The smallest absolute Gasteiger partial charge is 0.197 e. The molecule has 1 aliphatic carbocycles. The number of rotatable bonds is 3. The van der Waals surface area contributed by atoms with Gasteiger partial charge in [0.05, 0.1) is 6.20 Å². The van der Waals surface area contributed by atoms with E-state index in [2.05, 4.69) is 15.2 Å². The van der Waals surface area contributed by atoms with Gasteiger partial charge in [0.15, 0.2) is 11.7 Å². The van der Waals surface area contributed by atoms with Crippen molar-refractivity contribution < 1.29 is 9.52 Å². The van der Waals surface area contributed by atoms with E-state index in [0.29, 0.717) is 23.4 Å². The lowest BCUT2D eigenvalue weighted by Crippen LogP contribution is -2.13. The molecule has 0 aromatic carbocycles. The summed E-state index contributed by atoms with van der Waals surface area (Å²) in [6, 6.07) is 1.89. The molecular weight excluding hydrogens is 256 g/mol. The summed E-state index contributed by atoms with van der Waals surface area (Å²) in [6.07, 6.45) is 4.67. The Labute approximate surface area is 117 Å². The van der Waals surface area contributed by atoms with E-state index in [9.17, 15) is 5.11 Å². The van der Waals surface area contributed by atoms with Crippen molar-refractivity contribution in [3.8, 4) is 0 Å². The largest absolute Gasteiger partial charge is 0.442 e. The molecule has 0 saturated heterocycles. The molecule has 1 aliphatic rings. The Kier molecular flexibility index (Phi) is 3.05. The van der Waals surface area contributed by atoms with E-state index in [-0.39, 0.29) is 0 Å². The van der Waals surface area contributed by atoms with E-state index < -0.39 is 5.60 Å². The number of hydrogen-bond donors (Lipinski definition) is 3. The van der Waals surface area contributed by atoms with Gasteiger partial charge in [-0.2, -0.15) is 5.10 Å². The first-order chi connectivity index (χ1) is 9.43. The lowest BCUT2D eigenvalue weighted by molar-refractivity contribution is 0.0524. The summed E-state index contributed by atoms with van der Waals surface area (Å²) in [5.74, 6) is 2.48. The maximum atomic E-state index is 9.92. The van der Waals surface area contributed by atoms with Gasteiger partial charge in [0.25, 0.3) is 0 Å². The third-order valence-electron chi connectivity index (χ3n) is 3.97. The van der Waals surface area contributed by atoms with Crippen LogP contribution in [0.4, 0.5) is 5.82 Å². The summed E-state index contributed by atoms with van der Waals surface area (Å²) in [5.41, 5.74) is 5.74. The van der Waals surface area contributed by atoms with Crippen LogP contribution in [-0.2, 0) is 5.60 Å². The molecular formula is C14H20N4O2. The Morgan fingerprint density at radius 1 is 1.40 bits per heavy atom. The number of H-pyrrole nitrogens is 1. The van der Waals surface area contributed by atoms with Crippen molar-refractivity contribution in [3.05, 3.63) is 29.6 Å². The molecule has 1 fully saturated rings. The number of anilines is 1. The number of nitrogens with one attached hydrogen (secondary N) is 1. The van der Waals surface area contributed by atoms with Crippen molar-refractivity contribution in [3.63, 3.8) is 0 Å². The Hall–Kier alpha value is -1.82. The van der Waals surface area contributed by atoms with Crippen molar-refractivity contribution in [1.29, 1.82) is 0 Å². The first-order valence-corrected chi connectivity index (χ1v) is 6.93. The number of aromatic nitrogens is 3. The van der Waals surface area contributed by atoms with Crippen molar-refractivity contribution in [1.82, 2.24) is 15.2 Å². The molecule has 0 aliphatic heterocycles. The third-order valence-corrected chi connectivity index (χ3v) is 3.97. The average molecular weight is 276 g/mol. The fourth-order valence-corrected chi connectivity index (χ4v) is 2.81. The summed E-state index contributed by atoms with van der Waals surface area (Å²) in [4.78, 5) is 4.32. The summed E-state index contributed by atoms with van der Waals surface area (Å²) in [7, 11) is 0. The monoisotopic (exact) mass is 276 g/mol. The molecule has 0 amide bonds. The predicted octanol–water partition coefficient (Wildman–Crippen LogP) is 2.26. The first kappa shape index (κ1) is 13.2. The molecule has 2 aromatic rings. The van der Waals surface area contributed by atoms with Crippen LogP contribution < -0.4 is 5.73 Å². The molecule has 3 rings (SSSR count). The second kappa shape index (κ2) is 4.63. The maximum absolute atomic E-state index is 9.92. The average Bonchev–Trinajstić information content (AvgIpc) is 3.06. The summed E-state index contributed by atoms with van der Waals surface area (Å²) < 4.78 is 5.71. The zero-order chi connectivity index (χ0) is 14.3. The highest BCUT2D eigenvalue weighted by molar-refractivity contribution is 5.30. The zero-order valence-corrected chi connectivity index (χ0v) is 11.8. The van der Waals surface area contributed by atoms with Gasteiger partial charge in [-0.1, -0.05) is 0 Å². The van der Waals surface area contributed by atoms with E-state index in [1.807, 2.05) is 6.07 Å². The fourth-order valence-electron chi connectivity index (χ4n) is 2.81. The van der Waals surface area contributed by atoms with Crippen LogP contribution >= 0.6 is 0 Å². The van der Waals surface area contributed by atoms with Crippen LogP contribution in [-0.4, -0.2) is 20.3 Å². The minimum Gasteiger partial charge on any atom is -0.442 e. The van der Waals surface area contributed by atoms with E-state index in [1.54, 1.807) is 20.0 Å². The van der Waals surface area contributed by atoms with Crippen LogP contribution in [0.15, 0.2) is 16.7 Å². The molecule has 6 nitrogen and oxygen atoms in total. The maximum Gasteiger partial charge on any atom is 0.197 e. The van der Waals surface area contributed by atoms with Crippen molar-refractivity contribution >= 4 is 5.82 Å².